The van der Waals surface area contributed by atoms with E-state index in [-0.39, 0.29) is 18.4 Å². The summed E-state index contributed by atoms with van der Waals surface area (Å²) in [6.45, 7) is 1.96. The Morgan fingerprint density at radius 1 is 1.12 bits per heavy atom. The summed E-state index contributed by atoms with van der Waals surface area (Å²) >= 11 is 1.42. The van der Waals surface area contributed by atoms with E-state index in [2.05, 4.69) is 0 Å². The Morgan fingerprint density at radius 3 is 2.65 bits per heavy atom. The zero-order valence-electron chi connectivity index (χ0n) is 18.8. The van der Waals surface area contributed by atoms with E-state index >= 15 is 0 Å². The normalized spacial score (nSPS) is 14.9. The van der Waals surface area contributed by atoms with E-state index in [9.17, 15) is 9.59 Å². The van der Waals surface area contributed by atoms with E-state index in [1.807, 2.05) is 66.7 Å². The maximum Gasteiger partial charge on any atom is 0.272 e. The minimum Gasteiger partial charge on any atom is -0.497 e. The van der Waals surface area contributed by atoms with E-state index in [1.165, 1.54) is 18.3 Å². The van der Waals surface area contributed by atoms with Crippen LogP contribution in [0.3, 0.4) is 0 Å². The molecule has 3 aromatic carbocycles. The summed E-state index contributed by atoms with van der Waals surface area (Å²) in [5, 5.41) is 0.564. The third-order valence-electron chi connectivity index (χ3n) is 5.69. The molecule has 0 radical (unpaired) electrons. The van der Waals surface area contributed by atoms with Gasteiger partial charge in [-0.1, -0.05) is 53.8 Å². The number of nitrogens with zero attached hydrogens (tertiary/aromatic N) is 3. The van der Waals surface area contributed by atoms with Crippen molar-refractivity contribution in [3.8, 4) is 11.5 Å². The Kier molecular flexibility index (Phi) is 5.90. The van der Waals surface area contributed by atoms with Crippen molar-refractivity contribution in [3.63, 3.8) is 0 Å². The van der Waals surface area contributed by atoms with Crippen LogP contribution < -0.4 is 19.3 Å². The molecule has 34 heavy (non-hydrogen) atoms. The first-order chi connectivity index (χ1) is 16.5. The Hall–Kier alpha value is -3.91. The van der Waals surface area contributed by atoms with Crippen LogP contribution in [0.5, 0.6) is 11.5 Å². The molecular weight excluding hydrogens is 450 g/mol. The fourth-order valence-corrected chi connectivity index (χ4v) is 4.97. The number of benzene rings is 3. The largest absolute Gasteiger partial charge is 0.497 e. The van der Waals surface area contributed by atoms with Crippen LogP contribution in [0.4, 0.5) is 10.8 Å². The van der Waals surface area contributed by atoms with Crippen LogP contribution in [0.25, 0.3) is 10.2 Å². The Morgan fingerprint density at radius 2 is 1.88 bits per heavy atom. The van der Waals surface area contributed by atoms with Crippen LogP contribution in [0.15, 0.2) is 72.8 Å². The number of thiazole rings is 1. The molecule has 0 bridgehead atoms. The molecule has 0 N–H and O–H groups in total. The van der Waals surface area contributed by atoms with Crippen molar-refractivity contribution in [2.45, 2.75) is 19.6 Å². The van der Waals surface area contributed by atoms with E-state index in [4.69, 9.17) is 14.5 Å². The van der Waals surface area contributed by atoms with Gasteiger partial charge in [-0.2, -0.15) is 0 Å². The average Bonchev–Trinajstić information content (AvgIpc) is 3.29. The summed E-state index contributed by atoms with van der Waals surface area (Å²) in [5.74, 6) is 0.842. The molecule has 1 aliphatic heterocycles. The van der Waals surface area contributed by atoms with Crippen molar-refractivity contribution in [1.29, 1.82) is 0 Å². The highest BCUT2D eigenvalue weighted by Gasteiger charge is 2.36. The standard InChI is InChI=1S/C26H23N3O4S/c1-17(30)28-16-23(33-22-11-7-6-10-21(22)28)25(31)29(15-18-8-4-3-5-9-18)26-27-20-13-12-19(32-2)14-24(20)34-26/h3-14,23H,15-16H2,1-2H3/t23-/m0/s1. The van der Waals surface area contributed by atoms with E-state index in [0.29, 0.717) is 23.1 Å². The lowest BCUT2D eigenvalue weighted by Gasteiger charge is -2.35. The summed E-state index contributed by atoms with van der Waals surface area (Å²) in [6, 6.07) is 22.6. The minimum absolute atomic E-state index is 0.134. The number of hydrogen-bond acceptors (Lipinski definition) is 6. The van der Waals surface area contributed by atoms with Crippen molar-refractivity contribution < 1.29 is 19.1 Å². The second-order valence-corrected chi connectivity index (χ2v) is 8.95. The maximum atomic E-state index is 13.9. The average molecular weight is 474 g/mol. The number of carbonyl (C=O) groups is 2. The van der Waals surface area contributed by atoms with E-state index in [0.717, 1.165) is 21.5 Å². The van der Waals surface area contributed by atoms with Crippen molar-refractivity contribution in [2.24, 2.45) is 0 Å². The van der Waals surface area contributed by atoms with Crippen LogP contribution in [0.2, 0.25) is 0 Å². The first kappa shape index (κ1) is 21.9. The Bertz CT molecular complexity index is 1350. The number of carbonyl (C=O) groups excluding carboxylic acids is 2. The van der Waals surface area contributed by atoms with Gasteiger partial charge in [-0.05, 0) is 35.9 Å². The number of ether oxygens (including phenoxy) is 2. The molecule has 8 heteroatoms. The fourth-order valence-electron chi connectivity index (χ4n) is 3.98. The molecule has 4 aromatic rings. The predicted octanol–water partition coefficient (Wildman–Crippen LogP) is 4.65. The number of anilines is 2. The molecule has 0 aliphatic carbocycles. The molecular formula is C26H23N3O4S. The van der Waals surface area contributed by atoms with Gasteiger partial charge in [0.1, 0.15) is 11.5 Å². The van der Waals surface area contributed by atoms with Gasteiger partial charge in [0, 0.05) is 6.92 Å². The molecule has 1 aliphatic rings. The summed E-state index contributed by atoms with van der Waals surface area (Å²) in [5.41, 5.74) is 2.42. The lowest BCUT2D eigenvalue weighted by molar-refractivity contribution is -0.125. The number of aromatic nitrogens is 1. The quantitative estimate of drug-likeness (QED) is 0.422. The van der Waals surface area contributed by atoms with Crippen LogP contribution in [-0.2, 0) is 16.1 Å². The molecule has 0 saturated carbocycles. The summed E-state index contributed by atoms with van der Waals surface area (Å²) in [7, 11) is 1.62. The fraction of sp³-hybridized carbons (Fsp3) is 0.192. The number of fused-ring (bicyclic) bond motifs is 2. The van der Waals surface area contributed by atoms with Crippen molar-refractivity contribution in [2.75, 3.05) is 23.5 Å². The molecule has 1 atom stereocenters. The highest BCUT2D eigenvalue weighted by molar-refractivity contribution is 7.22. The molecule has 0 unspecified atom stereocenters. The lowest BCUT2D eigenvalue weighted by Crippen LogP contribution is -2.51. The van der Waals surface area contributed by atoms with Crippen LogP contribution in [0.1, 0.15) is 12.5 Å². The monoisotopic (exact) mass is 473 g/mol. The van der Waals surface area contributed by atoms with Gasteiger partial charge in [0.15, 0.2) is 11.2 Å². The van der Waals surface area contributed by atoms with Crippen LogP contribution in [0, 0.1) is 0 Å². The maximum absolute atomic E-state index is 13.9. The summed E-state index contributed by atoms with van der Waals surface area (Å²) in [4.78, 5) is 34.2. The Balaban J connectivity index is 1.53. The molecule has 1 aromatic heterocycles. The van der Waals surface area contributed by atoms with E-state index < -0.39 is 6.10 Å². The number of rotatable bonds is 5. The number of para-hydroxylation sites is 2. The van der Waals surface area contributed by atoms with Gasteiger partial charge in [0.05, 0.1) is 36.1 Å². The van der Waals surface area contributed by atoms with Gasteiger partial charge in [-0.3, -0.25) is 14.5 Å². The molecule has 2 heterocycles. The second kappa shape index (κ2) is 9.15. The molecule has 5 rings (SSSR count). The highest BCUT2D eigenvalue weighted by Crippen LogP contribution is 2.36. The van der Waals surface area contributed by atoms with Crippen LogP contribution >= 0.6 is 11.3 Å². The van der Waals surface area contributed by atoms with Crippen molar-refractivity contribution in [1.82, 2.24) is 4.98 Å². The van der Waals surface area contributed by atoms with Gasteiger partial charge in [0.25, 0.3) is 5.91 Å². The summed E-state index contributed by atoms with van der Waals surface area (Å²) < 4.78 is 12.4. The van der Waals surface area contributed by atoms with Crippen LogP contribution in [-0.4, -0.2) is 36.6 Å². The van der Waals surface area contributed by atoms with Crippen molar-refractivity contribution in [3.05, 3.63) is 78.4 Å². The minimum atomic E-state index is -0.857. The van der Waals surface area contributed by atoms with Crippen molar-refractivity contribution >= 4 is 44.2 Å². The lowest BCUT2D eigenvalue weighted by atomic mass is 10.1. The van der Waals surface area contributed by atoms with Gasteiger partial charge < -0.3 is 14.4 Å². The smallest absolute Gasteiger partial charge is 0.272 e. The van der Waals surface area contributed by atoms with Gasteiger partial charge in [-0.25, -0.2) is 4.98 Å². The molecule has 172 valence electrons. The number of hydrogen-bond donors (Lipinski definition) is 0. The molecule has 0 saturated heterocycles. The van der Waals surface area contributed by atoms with Gasteiger partial charge in [0.2, 0.25) is 5.91 Å². The van der Waals surface area contributed by atoms with E-state index in [1.54, 1.807) is 23.0 Å². The molecule has 7 nitrogen and oxygen atoms in total. The zero-order valence-corrected chi connectivity index (χ0v) is 19.6. The Labute approximate surface area is 201 Å². The first-order valence-corrected chi connectivity index (χ1v) is 11.7. The van der Waals surface area contributed by atoms with Gasteiger partial charge >= 0.3 is 0 Å². The predicted molar refractivity (Wildman–Crippen MR) is 133 cm³/mol. The van der Waals surface area contributed by atoms with Gasteiger partial charge in [-0.15, -0.1) is 0 Å². The zero-order chi connectivity index (χ0) is 23.7. The number of amides is 2. The molecule has 0 fully saturated rings. The second-order valence-electron chi connectivity index (χ2n) is 7.94. The topological polar surface area (TPSA) is 72.0 Å². The molecule has 2 amide bonds. The first-order valence-electron chi connectivity index (χ1n) is 10.9. The molecule has 0 spiro atoms. The summed E-state index contributed by atoms with van der Waals surface area (Å²) in [6.07, 6.45) is -0.857. The highest BCUT2D eigenvalue weighted by atomic mass is 32.1. The third-order valence-corrected chi connectivity index (χ3v) is 6.74. The number of methoxy groups -OCH3 is 1. The SMILES string of the molecule is COc1ccc2nc(N(Cc3ccccc3)C(=O)[C@@H]3CN(C(C)=O)c4ccccc4O3)sc2c1. The third kappa shape index (κ3) is 4.20.